The molecule has 2 heterocycles. The molecule has 2 aliphatic rings. The summed E-state index contributed by atoms with van der Waals surface area (Å²) < 4.78 is 5.58. The van der Waals surface area contributed by atoms with Gasteiger partial charge in [0.25, 0.3) is 0 Å². The maximum absolute atomic E-state index is 12.6. The second-order valence-electron chi connectivity index (χ2n) is 8.79. The van der Waals surface area contributed by atoms with Gasteiger partial charge in [0.2, 0.25) is 0 Å². The average molecular weight is 433 g/mol. The molecule has 2 aliphatic heterocycles. The maximum atomic E-state index is 12.6. The molecule has 1 saturated heterocycles. The average Bonchev–Trinajstić information content (AvgIpc) is 2.85. The van der Waals surface area contributed by atoms with Gasteiger partial charge in [-0.05, 0) is 62.9 Å². The quantitative estimate of drug-likeness (QED) is 0.553. The van der Waals surface area contributed by atoms with Gasteiger partial charge in [-0.1, -0.05) is 41.4 Å². The molecule has 6 heteroatoms. The number of rotatable bonds is 1. The molecule has 0 bridgehead atoms. The van der Waals surface area contributed by atoms with Crippen LogP contribution in [-0.2, 0) is 4.74 Å². The number of nitrogens with one attached hydrogen (secondary N) is 1. The van der Waals surface area contributed by atoms with Gasteiger partial charge in [0.1, 0.15) is 5.60 Å². The monoisotopic (exact) mass is 432 g/mol. The zero-order valence-corrected chi connectivity index (χ0v) is 18.5. The van der Waals surface area contributed by atoms with E-state index in [1.165, 1.54) is 5.56 Å². The number of ether oxygens (including phenoxy) is 1. The van der Waals surface area contributed by atoms with Crippen LogP contribution in [0, 0.1) is 0 Å². The van der Waals surface area contributed by atoms with Crippen LogP contribution in [-0.4, -0.2) is 35.7 Å². The van der Waals surface area contributed by atoms with Crippen LogP contribution in [0.3, 0.4) is 0 Å². The highest BCUT2D eigenvalue weighted by molar-refractivity contribution is 6.36. The van der Waals surface area contributed by atoms with Gasteiger partial charge >= 0.3 is 6.09 Å². The van der Waals surface area contributed by atoms with E-state index in [4.69, 9.17) is 27.9 Å². The third-order valence-electron chi connectivity index (χ3n) is 5.60. The first-order valence-electron chi connectivity index (χ1n) is 10.1. The van der Waals surface area contributed by atoms with Gasteiger partial charge in [0, 0.05) is 46.3 Å². The minimum Gasteiger partial charge on any atom is -0.444 e. The Morgan fingerprint density at radius 3 is 2.59 bits per heavy atom. The first-order chi connectivity index (χ1) is 13.7. The van der Waals surface area contributed by atoms with Crippen molar-refractivity contribution in [3.8, 4) is 11.1 Å². The van der Waals surface area contributed by atoms with Crippen molar-refractivity contribution in [1.29, 1.82) is 0 Å². The van der Waals surface area contributed by atoms with Crippen molar-refractivity contribution >= 4 is 35.0 Å². The first-order valence-corrected chi connectivity index (χ1v) is 10.8. The minimum atomic E-state index is -0.484. The fraction of sp³-hybridized carbons (Fsp3) is 0.435. The molecule has 2 aromatic rings. The lowest BCUT2D eigenvalue weighted by Crippen LogP contribution is -2.37. The Kier molecular flexibility index (Phi) is 5.43. The molecule has 2 aromatic carbocycles. The zero-order valence-electron chi connectivity index (χ0n) is 17.0. The van der Waals surface area contributed by atoms with E-state index in [2.05, 4.69) is 23.5 Å². The summed E-state index contributed by atoms with van der Waals surface area (Å²) in [6, 6.07) is 12.2. The van der Waals surface area contributed by atoms with Gasteiger partial charge in [0.15, 0.2) is 0 Å². The van der Waals surface area contributed by atoms with Crippen LogP contribution in [0.2, 0.25) is 10.0 Å². The molecule has 0 aliphatic carbocycles. The van der Waals surface area contributed by atoms with E-state index >= 15 is 0 Å². The van der Waals surface area contributed by atoms with Crippen molar-refractivity contribution in [3.63, 3.8) is 0 Å². The van der Waals surface area contributed by atoms with E-state index < -0.39 is 5.60 Å². The summed E-state index contributed by atoms with van der Waals surface area (Å²) in [5.74, 6) is 0.320. The number of halogens is 2. The van der Waals surface area contributed by atoms with Gasteiger partial charge < -0.3 is 15.0 Å². The summed E-state index contributed by atoms with van der Waals surface area (Å²) in [7, 11) is 0. The van der Waals surface area contributed by atoms with Crippen LogP contribution in [0.15, 0.2) is 36.4 Å². The lowest BCUT2D eigenvalue weighted by Gasteiger charge is -2.26. The molecule has 1 N–H and O–H groups in total. The lowest BCUT2D eigenvalue weighted by molar-refractivity contribution is 0.0256. The Hall–Kier alpha value is -1.91. The molecular formula is C23H26Cl2N2O2. The number of anilines is 1. The Labute approximate surface area is 182 Å². The second-order valence-corrected chi connectivity index (χ2v) is 9.64. The van der Waals surface area contributed by atoms with Crippen molar-refractivity contribution in [2.45, 2.75) is 51.2 Å². The van der Waals surface area contributed by atoms with Gasteiger partial charge in [0.05, 0.1) is 0 Å². The predicted molar refractivity (Wildman–Crippen MR) is 119 cm³/mol. The fourth-order valence-corrected chi connectivity index (χ4v) is 4.87. The molecule has 1 fully saturated rings. The number of fused-ring (bicyclic) bond motifs is 3. The van der Waals surface area contributed by atoms with Crippen molar-refractivity contribution in [1.82, 2.24) is 4.90 Å². The number of nitrogens with zero attached hydrogens (tertiary/aromatic N) is 1. The normalized spacial score (nSPS) is 21.1. The van der Waals surface area contributed by atoms with Crippen LogP contribution >= 0.6 is 23.2 Å². The number of hydrogen-bond acceptors (Lipinski definition) is 3. The van der Waals surface area contributed by atoms with Crippen LogP contribution < -0.4 is 5.32 Å². The van der Waals surface area contributed by atoms with Crippen molar-refractivity contribution in [3.05, 3.63) is 52.0 Å². The number of hydrogen-bond donors (Lipinski definition) is 1. The third kappa shape index (κ3) is 4.19. The standard InChI is InChI=1S/C23H26Cl2N2O2/c1-23(2,3)29-22(28)27-11-9-17-19(10-12-27)26-20-6-4-5-16(21(17)20)15-8-7-14(24)13-18(15)25/h4-8,13,17,19,26H,9-12H2,1-3H3. The number of amides is 1. The Balaban J connectivity index is 1.62. The molecule has 1 amide bonds. The molecule has 4 nitrogen and oxygen atoms in total. The summed E-state index contributed by atoms with van der Waals surface area (Å²) in [6.07, 6.45) is 1.53. The summed E-state index contributed by atoms with van der Waals surface area (Å²) in [5.41, 5.74) is 4.09. The van der Waals surface area contributed by atoms with Crippen molar-refractivity contribution in [2.75, 3.05) is 18.4 Å². The molecule has 29 heavy (non-hydrogen) atoms. The Morgan fingerprint density at radius 2 is 1.86 bits per heavy atom. The van der Waals surface area contributed by atoms with E-state index in [9.17, 15) is 4.79 Å². The number of carbonyl (C=O) groups excluding carboxylic acids is 1. The highest BCUT2D eigenvalue weighted by atomic mass is 35.5. The summed E-state index contributed by atoms with van der Waals surface area (Å²) >= 11 is 12.6. The lowest BCUT2D eigenvalue weighted by atomic mass is 9.86. The van der Waals surface area contributed by atoms with Crippen LogP contribution in [0.4, 0.5) is 10.5 Å². The van der Waals surface area contributed by atoms with Crippen molar-refractivity contribution < 1.29 is 9.53 Å². The van der Waals surface area contributed by atoms with E-state index in [1.807, 2.05) is 37.8 Å². The number of carbonyl (C=O) groups is 1. The van der Waals surface area contributed by atoms with E-state index in [0.29, 0.717) is 35.1 Å². The second kappa shape index (κ2) is 7.73. The van der Waals surface area contributed by atoms with E-state index in [-0.39, 0.29) is 6.09 Å². The van der Waals surface area contributed by atoms with Gasteiger partial charge in [-0.15, -0.1) is 0 Å². The summed E-state index contributed by atoms with van der Waals surface area (Å²) in [6.45, 7) is 7.07. The first kappa shape index (κ1) is 20.4. The molecule has 4 rings (SSSR count). The topological polar surface area (TPSA) is 41.6 Å². The van der Waals surface area contributed by atoms with Crippen LogP contribution in [0.5, 0.6) is 0 Å². The zero-order chi connectivity index (χ0) is 20.8. The van der Waals surface area contributed by atoms with E-state index in [1.54, 1.807) is 6.07 Å². The molecular weight excluding hydrogens is 407 g/mol. The minimum absolute atomic E-state index is 0.230. The molecule has 2 unspecified atom stereocenters. The molecule has 154 valence electrons. The fourth-order valence-electron chi connectivity index (χ4n) is 4.36. The van der Waals surface area contributed by atoms with Crippen LogP contribution in [0.25, 0.3) is 11.1 Å². The van der Waals surface area contributed by atoms with Gasteiger partial charge in [-0.25, -0.2) is 4.79 Å². The van der Waals surface area contributed by atoms with E-state index in [0.717, 1.165) is 29.7 Å². The smallest absolute Gasteiger partial charge is 0.410 e. The Bertz CT molecular complexity index is 939. The Morgan fingerprint density at radius 1 is 1.10 bits per heavy atom. The molecule has 0 aromatic heterocycles. The highest BCUT2D eigenvalue weighted by Gasteiger charge is 2.38. The molecule has 2 atom stereocenters. The number of benzene rings is 2. The largest absolute Gasteiger partial charge is 0.444 e. The highest BCUT2D eigenvalue weighted by Crippen LogP contribution is 2.47. The molecule has 0 radical (unpaired) electrons. The van der Waals surface area contributed by atoms with Crippen molar-refractivity contribution in [2.24, 2.45) is 0 Å². The van der Waals surface area contributed by atoms with Gasteiger partial charge in [-0.3, -0.25) is 0 Å². The predicted octanol–water partition coefficient (Wildman–Crippen LogP) is 6.57. The molecule has 0 spiro atoms. The summed E-state index contributed by atoms with van der Waals surface area (Å²) in [5, 5.41) is 4.96. The SMILES string of the molecule is CC(C)(C)OC(=O)N1CCC2Nc3cccc(-c4ccc(Cl)cc4Cl)c3C2CC1. The summed E-state index contributed by atoms with van der Waals surface area (Å²) in [4.78, 5) is 14.4. The third-order valence-corrected chi connectivity index (χ3v) is 6.14. The maximum Gasteiger partial charge on any atom is 0.410 e. The molecule has 0 saturated carbocycles. The van der Waals surface area contributed by atoms with Crippen LogP contribution in [0.1, 0.15) is 45.1 Å². The van der Waals surface area contributed by atoms with Gasteiger partial charge in [-0.2, -0.15) is 0 Å². The number of likely N-dealkylation sites (tertiary alicyclic amines) is 1.